The van der Waals surface area contributed by atoms with Crippen molar-refractivity contribution in [1.29, 1.82) is 0 Å². The van der Waals surface area contributed by atoms with Crippen LogP contribution >= 0.6 is 11.3 Å². The third kappa shape index (κ3) is 3.61. The largest absolute Gasteiger partial charge is 0.309 e. The highest BCUT2D eigenvalue weighted by Gasteiger charge is 2.24. The molecule has 1 nitrogen and oxygen atoms in total. The summed E-state index contributed by atoms with van der Waals surface area (Å²) in [6.45, 7) is 3.43. The summed E-state index contributed by atoms with van der Waals surface area (Å²) in [6.07, 6.45) is 12.5. The van der Waals surface area contributed by atoms with Gasteiger partial charge in [-0.15, -0.1) is 11.3 Å². The minimum absolute atomic E-state index is 0.635. The van der Waals surface area contributed by atoms with Gasteiger partial charge in [0.05, 0.1) is 0 Å². The number of aryl methyl sites for hydroxylation is 2. The van der Waals surface area contributed by atoms with E-state index >= 15 is 0 Å². The van der Waals surface area contributed by atoms with Gasteiger partial charge < -0.3 is 5.32 Å². The lowest BCUT2D eigenvalue weighted by Crippen LogP contribution is -2.21. The van der Waals surface area contributed by atoms with Crippen LogP contribution in [0.25, 0.3) is 0 Å². The first kappa shape index (κ1) is 13.6. The minimum atomic E-state index is 0.635. The highest BCUT2D eigenvalue weighted by atomic mass is 32.1. The topological polar surface area (TPSA) is 12.0 Å². The van der Waals surface area contributed by atoms with Gasteiger partial charge in [0.15, 0.2) is 0 Å². The van der Waals surface area contributed by atoms with Gasteiger partial charge in [-0.1, -0.05) is 19.8 Å². The van der Waals surface area contributed by atoms with Gasteiger partial charge in [0.2, 0.25) is 0 Å². The van der Waals surface area contributed by atoms with Crippen molar-refractivity contribution >= 4 is 11.3 Å². The van der Waals surface area contributed by atoms with E-state index in [9.17, 15) is 0 Å². The fourth-order valence-electron chi connectivity index (χ4n) is 3.16. The maximum atomic E-state index is 3.79. The summed E-state index contributed by atoms with van der Waals surface area (Å²) in [6, 6.07) is 3.16. The second kappa shape index (κ2) is 6.41. The van der Waals surface area contributed by atoms with Crippen LogP contribution < -0.4 is 5.32 Å². The van der Waals surface area contributed by atoms with Crippen LogP contribution in [0.2, 0.25) is 0 Å². The number of fused-ring (bicyclic) bond motifs is 1. The van der Waals surface area contributed by atoms with E-state index in [2.05, 4.69) is 29.6 Å². The van der Waals surface area contributed by atoms with Crippen LogP contribution in [0, 0.1) is 5.92 Å². The molecule has 0 spiro atoms. The lowest BCUT2D eigenvalue weighted by atomic mass is 9.98. The average molecular weight is 277 g/mol. The van der Waals surface area contributed by atoms with E-state index < -0.39 is 0 Å². The Labute approximate surface area is 121 Å². The summed E-state index contributed by atoms with van der Waals surface area (Å²) in [5, 5.41) is 3.79. The van der Waals surface area contributed by atoms with E-state index in [0.29, 0.717) is 6.04 Å². The number of hydrogen-bond acceptors (Lipinski definition) is 2. The molecule has 3 rings (SSSR count). The van der Waals surface area contributed by atoms with Crippen molar-refractivity contribution in [2.45, 2.75) is 70.8 Å². The quantitative estimate of drug-likeness (QED) is 0.750. The smallest absolute Gasteiger partial charge is 0.0415 e. The van der Waals surface area contributed by atoms with Gasteiger partial charge in [0, 0.05) is 15.8 Å². The molecule has 106 valence electrons. The third-order valence-corrected chi connectivity index (χ3v) is 5.91. The monoisotopic (exact) mass is 277 g/mol. The molecule has 1 atom stereocenters. The second-order valence-electron chi connectivity index (χ2n) is 6.33. The molecular weight excluding hydrogens is 250 g/mol. The molecule has 1 aromatic rings. The Bertz CT molecular complexity index is 382. The van der Waals surface area contributed by atoms with E-state index in [1.807, 2.05) is 0 Å². The molecule has 1 unspecified atom stereocenters. The molecule has 1 saturated carbocycles. The number of rotatable bonds is 7. The van der Waals surface area contributed by atoms with Crippen molar-refractivity contribution in [2.24, 2.45) is 5.92 Å². The molecule has 0 radical (unpaired) electrons. The number of nitrogens with one attached hydrogen (secondary N) is 1. The standard InChI is InChI=1S/C17H27NS/c1-2-11-18-15(10-9-13-7-8-13)17-12-14-5-3-4-6-16(14)19-17/h12-13,15,18H,2-11H2,1H3. The van der Waals surface area contributed by atoms with E-state index in [1.165, 1.54) is 57.8 Å². The molecule has 0 bridgehead atoms. The summed E-state index contributed by atoms with van der Waals surface area (Å²) in [5.41, 5.74) is 1.67. The lowest BCUT2D eigenvalue weighted by molar-refractivity contribution is 0.475. The van der Waals surface area contributed by atoms with Gasteiger partial charge in [-0.25, -0.2) is 0 Å². The lowest BCUT2D eigenvalue weighted by Gasteiger charge is -2.17. The summed E-state index contributed by atoms with van der Waals surface area (Å²) in [4.78, 5) is 3.32. The van der Waals surface area contributed by atoms with Crippen LogP contribution in [-0.4, -0.2) is 6.54 Å². The maximum Gasteiger partial charge on any atom is 0.0415 e. The zero-order chi connectivity index (χ0) is 13.1. The summed E-state index contributed by atoms with van der Waals surface area (Å²) in [7, 11) is 0. The molecule has 0 saturated heterocycles. The highest BCUT2D eigenvalue weighted by molar-refractivity contribution is 7.12. The molecular formula is C17H27NS. The van der Waals surface area contributed by atoms with Crippen LogP contribution in [0.1, 0.15) is 73.2 Å². The first-order valence-corrected chi connectivity index (χ1v) is 9.03. The van der Waals surface area contributed by atoms with Crippen molar-refractivity contribution < 1.29 is 0 Å². The first-order chi connectivity index (χ1) is 9.36. The van der Waals surface area contributed by atoms with Crippen molar-refractivity contribution in [3.63, 3.8) is 0 Å². The molecule has 2 heteroatoms. The van der Waals surface area contributed by atoms with Crippen LogP contribution in [-0.2, 0) is 12.8 Å². The molecule has 2 aliphatic carbocycles. The Kier molecular flexibility index (Phi) is 4.60. The van der Waals surface area contributed by atoms with E-state index in [4.69, 9.17) is 0 Å². The van der Waals surface area contributed by atoms with Gasteiger partial charge in [-0.3, -0.25) is 0 Å². The van der Waals surface area contributed by atoms with Crippen molar-refractivity contribution in [3.8, 4) is 0 Å². The van der Waals surface area contributed by atoms with Crippen LogP contribution in [0.5, 0.6) is 0 Å². The first-order valence-electron chi connectivity index (χ1n) is 8.21. The maximum absolute atomic E-state index is 3.79. The van der Waals surface area contributed by atoms with Crippen molar-refractivity contribution in [2.75, 3.05) is 6.54 Å². The van der Waals surface area contributed by atoms with Gasteiger partial charge in [0.1, 0.15) is 0 Å². The predicted molar refractivity (Wildman–Crippen MR) is 84.0 cm³/mol. The van der Waals surface area contributed by atoms with Crippen molar-refractivity contribution in [3.05, 3.63) is 21.4 Å². The molecule has 1 heterocycles. The number of thiophene rings is 1. The molecule has 0 amide bonds. The Morgan fingerprint density at radius 1 is 1.32 bits per heavy atom. The molecule has 1 N–H and O–H groups in total. The Hall–Kier alpha value is -0.340. The summed E-state index contributed by atoms with van der Waals surface area (Å²) < 4.78 is 0. The predicted octanol–water partition coefficient (Wildman–Crippen LogP) is 4.86. The fourth-order valence-corrected chi connectivity index (χ4v) is 4.53. The third-order valence-electron chi connectivity index (χ3n) is 4.56. The van der Waals surface area contributed by atoms with Crippen LogP contribution in [0.3, 0.4) is 0 Å². The normalized spacial score (nSPS) is 20.3. The van der Waals surface area contributed by atoms with E-state index in [0.717, 1.165) is 12.5 Å². The molecule has 2 aliphatic rings. The zero-order valence-electron chi connectivity index (χ0n) is 12.2. The van der Waals surface area contributed by atoms with E-state index in [1.54, 1.807) is 15.3 Å². The Morgan fingerprint density at radius 2 is 2.16 bits per heavy atom. The SMILES string of the molecule is CCCNC(CCC1CC1)c1cc2c(s1)CCCC2. The Morgan fingerprint density at radius 3 is 2.89 bits per heavy atom. The second-order valence-corrected chi connectivity index (χ2v) is 7.50. The molecule has 0 aromatic carbocycles. The fraction of sp³-hybridized carbons (Fsp3) is 0.765. The zero-order valence-corrected chi connectivity index (χ0v) is 13.0. The van der Waals surface area contributed by atoms with Crippen LogP contribution in [0.15, 0.2) is 6.07 Å². The molecule has 1 aromatic heterocycles. The Balaban J connectivity index is 1.67. The summed E-state index contributed by atoms with van der Waals surface area (Å²) in [5.74, 6) is 1.06. The van der Waals surface area contributed by atoms with Gasteiger partial charge in [-0.2, -0.15) is 0 Å². The summed E-state index contributed by atoms with van der Waals surface area (Å²) >= 11 is 2.10. The number of hydrogen-bond donors (Lipinski definition) is 1. The molecule has 0 aliphatic heterocycles. The molecule has 19 heavy (non-hydrogen) atoms. The van der Waals surface area contributed by atoms with Gasteiger partial charge in [0.25, 0.3) is 0 Å². The van der Waals surface area contributed by atoms with Gasteiger partial charge in [-0.05, 0) is 69.0 Å². The average Bonchev–Trinajstić information content (AvgIpc) is 3.16. The molecule has 1 fully saturated rings. The van der Waals surface area contributed by atoms with Gasteiger partial charge >= 0.3 is 0 Å². The van der Waals surface area contributed by atoms with Crippen LogP contribution in [0.4, 0.5) is 0 Å². The minimum Gasteiger partial charge on any atom is -0.309 e. The van der Waals surface area contributed by atoms with E-state index in [-0.39, 0.29) is 0 Å². The highest BCUT2D eigenvalue weighted by Crippen LogP contribution is 2.38. The van der Waals surface area contributed by atoms with Crippen molar-refractivity contribution in [1.82, 2.24) is 5.32 Å².